The third-order valence-electron chi connectivity index (χ3n) is 3.56. The molecular weight excluding hydrogens is 234 g/mol. The molecule has 2 nitrogen and oxygen atoms in total. The van der Waals surface area contributed by atoms with E-state index in [1.54, 1.807) is 0 Å². The molecule has 2 aromatic rings. The Labute approximate surface area is 113 Å². The Bertz CT molecular complexity index is 614. The monoisotopic (exact) mass is 251 g/mol. The molecule has 3 rings (SSSR count). The molecule has 0 unspecified atom stereocenters. The zero-order valence-corrected chi connectivity index (χ0v) is 11.1. The Morgan fingerprint density at radius 3 is 2.53 bits per heavy atom. The summed E-state index contributed by atoms with van der Waals surface area (Å²) in [5.41, 5.74) is 5.82. The maximum Gasteiger partial charge on any atom is 0.228 e. The van der Waals surface area contributed by atoms with Crippen LogP contribution in [0, 0.1) is 0 Å². The van der Waals surface area contributed by atoms with E-state index >= 15 is 0 Å². The van der Waals surface area contributed by atoms with Crippen LogP contribution in [-0.4, -0.2) is 5.91 Å². The fraction of sp³-hybridized carbons (Fsp3) is 0.235. The first-order chi connectivity index (χ1) is 9.26. The fourth-order valence-corrected chi connectivity index (χ4v) is 2.56. The average molecular weight is 251 g/mol. The lowest BCUT2D eigenvalue weighted by molar-refractivity contribution is -0.115. The van der Waals surface area contributed by atoms with Gasteiger partial charge in [0.2, 0.25) is 5.91 Å². The van der Waals surface area contributed by atoms with Gasteiger partial charge in [-0.05, 0) is 40.8 Å². The van der Waals surface area contributed by atoms with Crippen LogP contribution in [0.3, 0.4) is 0 Å². The summed E-state index contributed by atoms with van der Waals surface area (Å²) >= 11 is 0. The summed E-state index contributed by atoms with van der Waals surface area (Å²) in [5.74, 6) is 0.0884. The highest BCUT2D eigenvalue weighted by Crippen LogP contribution is 2.29. The van der Waals surface area contributed by atoms with Crippen molar-refractivity contribution in [1.29, 1.82) is 0 Å². The third-order valence-corrected chi connectivity index (χ3v) is 3.56. The van der Waals surface area contributed by atoms with Crippen LogP contribution < -0.4 is 5.32 Å². The van der Waals surface area contributed by atoms with Gasteiger partial charge in [0.05, 0.1) is 6.42 Å². The van der Waals surface area contributed by atoms with Crippen LogP contribution in [0.25, 0.3) is 11.1 Å². The largest absolute Gasteiger partial charge is 0.326 e. The molecule has 96 valence electrons. The number of rotatable bonds is 3. The minimum atomic E-state index is 0.0884. The van der Waals surface area contributed by atoms with Gasteiger partial charge in [-0.25, -0.2) is 0 Å². The van der Waals surface area contributed by atoms with E-state index in [9.17, 15) is 4.79 Å². The predicted octanol–water partition coefficient (Wildman–Crippen LogP) is 3.80. The van der Waals surface area contributed by atoms with E-state index in [1.165, 1.54) is 23.1 Å². The number of anilines is 1. The van der Waals surface area contributed by atoms with Gasteiger partial charge in [0.15, 0.2) is 0 Å². The fourth-order valence-electron chi connectivity index (χ4n) is 2.56. The Morgan fingerprint density at radius 2 is 1.79 bits per heavy atom. The third kappa shape index (κ3) is 2.39. The van der Waals surface area contributed by atoms with Gasteiger partial charge >= 0.3 is 0 Å². The molecule has 0 aliphatic carbocycles. The average Bonchev–Trinajstić information content (AvgIpc) is 2.79. The number of amides is 1. The molecule has 0 spiro atoms. The molecule has 1 heterocycles. The zero-order chi connectivity index (χ0) is 13.2. The lowest BCUT2D eigenvalue weighted by Crippen LogP contribution is -2.03. The molecule has 1 N–H and O–H groups in total. The minimum absolute atomic E-state index is 0.0884. The van der Waals surface area contributed by atoms with Crippen LogP contribution in [0.1, 0.15) is 24.5 Å². The summed E-state index contributed by atoms with van der Waals surface area (Å²) in [6.07, 6.45) is 2.80. The normalized spacial score (nSPS) is 13.2. The Kier molecular flexibility index (Phi) is 3.08. The van der Waals surface area contributed by atoms with Crippen molar-refractivity contribution < 1.29 is 4.79 Å². The highest BCUT2D eigenvalue weighted by molar-refractivity contribution is 5.99. The standard InChI is InChI=1S/C17H17NO/c1-2-3-12-4-6-13(7-5-12)14-8-9-16-15(10-14)11-17(19)18-16/h4-10H,2-3,11H2,1H3,(H,18,19). The van der Waals surface area contributed by atoms with Gasteiger partial charge in [0.1, 0.15) is 0 Å². The molecule has 1 amide bonds. The number of benzene rings is 2. The predicted molar refractivity (Wildman–Crippen MR) is 78.2 cm³/mol. The summed E-state index contributed by atoms with van der Waals surface area (Å²) < 4.78 is 0. The highest BCUT2D eigenvalue weighted by atomic mass is 16.1. The van der Waals surface area contributed by atoms with Crippen molar-refractivity contribution in [2.24, 2.45) is 0 Å². The molecule has 0 radical (unpaired) electrons. The smallest absolute Gasteiger partial charge is 0.228 e. The molecule has 0 saturated heterocycles. The molecule has 0 saturated carbocycles. The second kappa shape index (κ2) is 4.88. The Morgan fingerprint density at radius 1 is 1.05 bits per heavy atom. The molecule has 2 aromatic carbocycles. The van der Waals surface area contributed by atoms with E-state index in [0.29, 0.717) is 6.42 Å². The van der Waals surface area contributed by atoms with Crippen molar-refractivity contribution in [3.05, 3.63) is 53.6 Å². The first kappa shape index (κ1) is 12.0. The lowest BCUT2D eigenvalue weighted by atomic mass is 10.00. The first-order valence-corrected chi connectivity index (χ1v) is 6.78. The van der Waals surface area contributed by atoms with Crippen LogP contribution in [-0.2, 0) is 17.6 Å². The van der Waals surface area contributed by atoms with Crippen molar-refractivity contribution in [3.8, 4) is 11.1 Å². The second-order valence-electron chi connectivity index (χ2n) is 5.04. The molecule has 1 aliphatic rings. The van der Waals surface area contributed by atoms with Crippen molar-refractivity contribution in [3.63, 3.8) is 0 Å². The first-order valence-electron chi connectivity index (χ1n) is 6.78. The van der Waals surface area contributed by atoms with Crippen LogP contribution in [0.15, 0.2) is 42.5 Å². The maximum atomic E-state index is 11.4. The number of hydrogen-bond donors (Lipinski definition) is 1. The zero-order valence-electron chi connectivity index (χ0n) is 11.1. The number of carbonyl (C=O) groups excluding carboxylic acids is 1. The topological polar surface area (TPSA) is 29.1 Å². The van der Waals surface area contributed by atoms with Gasteiger partial charge in [0.25, 0.3) is 0 Å². The highest BCUT2D eigenvalue weighted by Gasteiger charge is 2.17. The van der Waals surface area contributed by atoms with E-state index < -0.39 is 0 Å². The number of fused-ring (bicyclic) bond motifs is 1. The molecule has 1 aliphatic heterocycles. The van der Waals surface area contributed by atoms with E-state index in [0.717, 1.165) is 17.7 Å². The van der Waals surface area contributed by atoms with Crippen LogP contribution >= 0.6 is 0 Å². The van der Waals surface area contributed by atoms with Crippen LogP contribution in [0.2, 0.25) is 0 Å². The number of aryl methyl sites for hydroxylation is 1. The summed E-state index contributed by atoms with van der Waals surface area (Å²) in [7, 11) is 0. The van der Waals surface area contributed by atoms with E-state index in [1.807, 2.05) is 6.07 Å². The van der Waals surface area contributed by atoms with Crippen molar-refractivity contribution in [2.45, 2.75) is 26.2 Å². The van der Waals surface area contributed by atoms with E-state index in [-0.39, 0.29) is 5.91 Å². The molecule has 2 heteroatoms. The molecule has 0 fully saturated rings. The summed E-state index contributed by atoms with van der Waals surface area (Å²) in [5, 5.41) is 2.86. The lowest BCUT2D eigenvalue weighted by Gasteiger charge is -2.06. The van der Waals surface area contributed by atoms with Gasteiger partial charge in [-0.3, -0.25) is 4.79 Å². The Hall–Kier alpha value is -2.09. The minimum Gasteiger partial charge on any atom is -0.326 e. The van der Waals surface area contributed by atoms with Gasteiger partial charge in [0, 0.05) is 5.69 Å². The number of hydrogen-bond acceptors (Lipinski definition) is 1. The quantitative estimate of drug-likeness (QED) is 0.883. The van der Waals surface area contributed by atoms with Gasteiger partial charge in [-0.2, -0.15) is 0 Å². The maximum absolute atomic E-state index is 11.4. The van der Waals surface area contributed by atoms with E-state index in [4.69, 9.17) is 0 Å². The van der Waals surface area contributed by atoms with Crippen LogP contribution in [0.5, 0.6) is 0 Å². The van der Waals surface area contributed by atoms with Gasteiger partial charge < -0.3 is 5.32 Å². The number of nitrogens with one attached hydrogen (secondary N) is 1. The summed E-state index contributed by atoms with van der Waals surface area (Å²) in [4.78, 5) is 11.4. The van der Waals surface area contributed by atoms with Crippen LogP contribution in [0.4, 0.5) is 5.69 Å². The molecule has 0 bridgehead atoms. The van der Waals surface area contributed by atoms with Crippen molar-refractivity contribution in [1.82, 2.24) is 0 Å². The molecular formula is C17H17NO. The summed E-state index contributed by atoms with van der Waals surface area (Å²) in [6, 6.07) is 14.9. The Balaban J connectivity index is 1.90. The molecule has 0 atom stereocenters. The SMILES string of the molecule is CCCc1ccc(-c2ccc3c(c2)CC(=O)N3)cc1. The molecule has 19 heavy (non-hydrogen) atoms. The van der Waals surface area contributed by atoms with Gasteiger partial charge in [-0.1, -0.05) is 43.7 Å². The van der Waals surface area contributed by atoms with Crippen molar-refractivity contribution >= 4 is 11.6 Å². The summed E-state index contributed by atoms with van der Waals surface area (Å²) in [6.45, 7) is 2.19. The van der Waals surface area contributed by atoms with E-state index in [2.05, 4.69) is 48.6 Å². The second-order valence-corrected chi connectivity index (χ2v) is 5.04. The van der Waals surface area contributed by atoms with Gasteiger partial charge in [-0.15, -0.1) is 0 Å². The molecule has 0 aromatic heterocycles. The van der Waals surface area contributed by atoms with Crippen molar-refractivity contribution in [2.75, 3.05) is 5.32 Å². The number of carbonyl (C=O) groups is 1.